The molecule has 1 aromatic rings. The smallest absolute Gasteiger partial charge is 0.262 e. The van der Waals surface area contributed by atoms with E-state index in [1.807, 2.05) is 0 Å². The van der Waals surface area contributed by atoms with Crippen molar-refractivity contribution >= 4 is 11.5 Å². The van der Waals surface area contributed by atoms with Gasteiger partial charge in [-0.1, -0.05) is 11.5 Å². The highest BCUT2D eigenvalue weighted by molar-refractivity contribution is 7.04. The first-order valence-corrected chi connectivity index (χ1v) is 2.94. The molecule has 1 N–H and O–H groups in total. The van der Waals surface area contributed by atoms with Gasteiger partial charge in [0.15, 0.2) is 0 Å². The highest BCUT2D eigenvalue weighted by Gasteiger charge is 1.89. The molecule has 0 saturated carbocycles. The summed E-state index contributed by atoms with van der Waals surface area (Å²) in [6.45, 7) is -0.212. The van der Waals surface area contributed by atoms with Crippen LogP contribution in [0.3, 0.4) is 0 Å². The summed E-state index contributed by atoms with van der Waals surface area (Å²) in [4.78, 5) is 10.5. The molecule has 0 spiro atoms. The Labute approximate surface area is 50.0 Å². The summed E-state index contributed by atoms with van der Waals surface area (Å²) in [5.74, 6) is 0. The van der Waals surface area contributed by atoms with E-state index in [9.17, 15) is 4.79 Å². The molecule has 1 heterocycles. The van der Waals surface area contributed by atoms with Crippen LogP contribution in [0, 0.1) is 0 Å². The Kier molecular flexibility index (Phi) is 1.45. The zero-order valence-electron chi connectivity index (χ0n) is 4.07. The van der Waals surface area contributed by atoms with Crippen LogP contribution in [-0.2, 0) is 6.73 Å². The van der Waals surface area contributed by atoms with Gasteiger partial charge in [-0.2, -0.15) is 0 Å². The van der Waals surface area contributed by atoms with Gasteiger partial charge in [-0.05, 0) is 0 Å². The molecule has 0 aliphatic heterocycles. The molecule has 0 amide bonds. The highest BCUT2D eigenvalue weighted by atomic mass is 32.1. The Morgan fingerprint density at radius 2 is 2.62 bits per heavy atom. The van der Waals surface area contributed by atoms with Crippen molar-refractivity contribution in [2.75, 3.05) is 0 Å². The third-order valence-corrected chi connectivity index (χ3v) is 1.58. The Morgan fingerprint density at radius 3 is 2.88 bits per heavy atom. The molecular weight excluding hydrogens is 126 g/mol. The van der Waals surface area contributed by atoms with Gasteiger partial charge in [0.25, 0.3) is 5.56 Å². The first-order valence-electron chi connectivity index (χ1n) is 2.10. The quantitative estimate of drug-likeness (QED) is 0.576. The molecule has 0 bridgehead atoms. The maximum atomic E-state index is 10.5. The summed E-state index contributed by atoms with van der Waals surface area (Å²) in [6, 6.07) is 1.42. The van der Waals surface area contributed by atoms with Crippen molar-refractivity contribution in [2.45, 2.75) is 6.73 Å². The standard InChI is InChI=1S/C4H5NO2S/c6-3-5-4(7)1-2-8-5/h1-2,6H,3H2. The van der Waals surface area contributed by atoms with Crippen molar-refractivity contribution in [3.05, 3.63) is 21.8 Å². The number of nitrogens with zero attached hydrogens (tertiary/aromatic N) is 1. The fourth-order valence-corrected chi connectivity index (χ4v) is 0.956. The monoisotopic (exact) mass is 131 g/mol. The highest BCUT2D eigenvalue weighted by Crippen LogP contribution is 1.88. The second kappa shape index (κ2) is 2.11. The summed E-state index contributed by atoms with van der Waals surface area (Å²) < 4.78 is 1.25. The van der Waals surface area contributed by atoms with Crippen molar-refractivity contribution in [3.8, 4) is 0 Å². The topological polar surface area (TPSA) is 42.2 Å². The first kappa shape index (κ1) is 5.53. The molecule has 0 saturated heterocycles. The minimum Gasteiger partial charge on any atom is -0.375 e. The van der Waals surface area contributed by atoms with Crippen LogP contribution in [0.2, 0.25) is 0 Å². The molecule has 44 valence electrons. The van der Waals surface area contributed by atoms with Crippen LogP contribution in [0.15, 0.2) is 16.2 Å². The largest absolute Gasteiger partial charge is 0.375 e. The van der Waals surface area contributed by atoms with Gasteiger partial charge in [-0.25, -0.2) is 3.96 Å². The predicted molar refractivity (Wildman–Crippen MR) is 30.8 cm³/mol. The first-order chi connectivity index (χ1) is 3.84. The number of hydrogen-bond acceptors (Lipinski definition) is 3. The van der Waals surface area contributed by atoms with E-state index in [0.29, 0.717) is 0 Å². The fourth-order valence-electron chi connectivity index (χ4n) is 0.400. The normalized spacial score (nSPS) is 9.62. The molecule has 4 heteroatoms. The second-order valence-corrected chi connectivity index (χ2v) is 2.19. The fraction of sp³-hybridized carbons (Fsp3) is 0.250. The molecule has 0 aromatic carbocycles. The Morgan fingerprint density at radius 1 is 1.88 bits per heavy atom. The minimum atomic E-state index is -0.212. The van der Waals surface area contributed by atoms with Gasteiger partial charge in [-0.15, -0.1) is 0 Å². The molecule has 1 rings (SSSR count). The lowest BCUT2D eigenvalue weighted by atomic mass is 10.7. The van der Waals surface area contributed by atoms with Crippen LogP contribution in [0.1, 0.15) is 0 Å². The number of rotatable bonds is 1. The van der Waals surface area contributed by atoms with E-state index in [2.05, 4.69) is 0 Å². The lowest BCUT2D eigenvalue weighted by molar-refractivity contribution is 0.219. The Hall–Kier alpha value is -0.610. The third-order valence-electron chi connectivity index (χ3n) is 0.773. The molecular formula is C4H5NO2S. The van der Waals surface area contributed by atoms with Crippen LogP contribution < -0.4 is 5.56 Å². The van der Waals surface area contributed by atoms with Crippen LogP contribution in [0.4, 0.5) is 0 Å². The number of aliphatic hydroxyl groups excluding tert-OH is 1. The summed E-state index contributed by atoms with van der Waals surface area (Å²) in [5, 5.41) is 10.0. The predicted octanol–water partition coefficient (Wildman–Crippen LogP) is -0.140. The summed E-state index contributed by atoms with van der Waals surface area (Å²) in [5.41, 5.74) is -0.141. The maximum Gasteiger partial charge on any atom is 0.262 e. The van der Waals surface area contributed by atoms with E-state index in [4.69, 9.17) is 5.11 Å². The Bertz CT molecular complexity index is 214. The third kappa shape index (κ3) is 0.801. The van der Waals surface area contributed by atoms with Crippen LogP contribution in [0.25, 0.3) is 0 Å². The van der Waals surface area contributed by atoms with E-state index in [0.717, 1.165) is 0 Å². The van der Waals surface area contributed by atoms with Crippen molar-refractivity contribution < 1.29 is 5.11 Å². The van der Waals surface area contributed by atoms with Crippen molar-refractivity contribution in [3.63, 3.8) is 0 Å². The molecule has 0 atom stereocenters. The van der Waals surface area contributed by atoms with Gasteiger partial charge in [0.2, 0.25) is 0 Å². The van der Waals surface area contributed by atoms with Gasteiger partial charge in [0, 0.05) is 11.4 Å². The zero-order valence-corrected chi connectivity index (χ0v) is 4.89. The van der Waals surface area contributed by atoms with E-state index in [1.165, 1.54) is 21.6 Å². The SMILES string of the molecule is O=c1ccsn1CO. The summed E-state index contributed by atoms with van der Waals surface area (Å²) in [7, 11) is 0. The lowest BCUT2D eigenvalue weighted by Crippen LogP contribution is -2.10. The molecule has 0 fully saturated rings. The number of aliphatic hydroxyl groups is 1. The number of aromatic nitrogens is 1. The molecule has 0 radical (unpaired) electrons. The zero-order chi connectivity index (χ0) is 5.98. The average molecular weight is 131 g/mol. The van der Waals surface area contributed by atoms with Crippen LogP contribution in [-0.4, -0.2) is 9.06 Å². The summed E-state index contributed by atoms with van der Waals surface area (Å²) >= 11 is 1.20. The average Bonchev–Trinajstić information content (AvgIpc) is 2.14. The summed E-state index contributed by atoms with van der Waals surface area (Å²) in [6.07, 6.45) is 0. The molecule has 0 aliphatic carbocycles. The minimum absolute atomic E-state index is 0.141. The molecule has 0 unspecified atom stereocenters. The molecule has 1 aromatic heterocycles. The van der Waals surface area contributed by atoms with Gasteiger partial charge in [0.05, 0.1) is 0 Å². The van der Waals surface area contributed by atoms with Gasteiger partial charge in [0.1, 0.15) is 6.73 Å². The molecule has 0 aliphatic rings. The van der Waals surface area contributed by atoms with E-state index in [1.54, 1.807) is 5.38 Å². The number of hydrogen-bond donors (Lipinski definition) is 1. The Balaban J connectivity index is 3.11. The van der Waals surface area contributed by atoms with Crippen LogP contribution in [0.5, 0.6) is 0 Å². The molecule has 3 nitrogen and oxygen atoms in total. The van der Waals surface area contributed by atoms with E-state index >= 15 is 0 Å². The van der Waals surface area contributed by atoms with E-state index in [-0.39, 0.29) is 12.3 Å². The van der Waals surface area contributed by atoms with Gasteiger partial charge < -0.3 is 5.11 Å². The van der Waals surface area contributed by atoms with Crippen molar-refractivity contribution in [2.24, 2.45) is 0 Å². The van der Waals surface area contributed by atoms with Crippen LogP contribution >= 0.6 is 11.5 Å². The van der Waals surface area contributed by atoms with Crippen molar-refractivity contribution in [1.29, 1.82) is 0 Å². The maximum absolute atomic E-state index is 10.5. The molecule has 8 heavy (non-hydrogen) atoms. The second-order valence-electron chi connectivity index (χ2n) is 1.27. The van der Waals surface area contributed by atoms with E-state index < -0.39 is 0 Å². The van der Waals surface area contributed by atoms with Gasteiger partial charge >= 0.3 is 0 Å². The lowest BCUT2D eigenvalue weighted by Gasteiger charge is -1.86. The van der Waals surface area contributed by atoms with Crippen molar-refractivity contribution in [1.82, 2.24) is 3.96 Å². The van der Waals surface area contributed by atoms with Gasteiger partial charge in [-0.3, -0.25) is 4.79 Å².